The third kappa shape index (κ3) is 2.76. The van der Waals surface area contributed by atoms with Crippen molar-refractivity contribution in [3.05, 3.63) is 40.5 Å². The van der Waals surface area contributed by atoms with Crippen molar-refractivity contribution in [1.29, 1.82) is 0 Å². The van der Waals surface area contributed by atoms with Gasteiger partial charge in [-0.3, -0.25) is 0 Å². The van der Waals surface area contributed by atoms with Crippen LogP contribution < -0.4 is 5.32 Å². The minimum Gasteiger partial charge on any atom is -0.366 e. The minimum atomic E-state index is 0.823. The summed E-state index contributed by atoms with van der Waals surface area (Å²) >= 11 is 1.71. The van der Waals surface area contributed by atoms with Gasteiger partial charge in [0.2, 0.25) is 0 Å². The van der Waals surface area contributed by atoms with Crippen LogP contribution in [-0.2, 0) is 13.0 Å². The normalized spacial score (nSPS) is 10.2. The number of anilines is 1. The van der Waals surface area contributed by atoms with Crippen molar-refractivity contribution < 1.29 is 0 Å². The number of nitrogens with zero attached hydrogens (tertiary/aromatic N) is 2. The first kappa shape index (κ1) is 10.1. The molecule has 2 heterocycles. The number of hydrogen-bond acceptors (Lipinski definition) is 4. The monoisotopic (exact) mass is 219 g/mol. The molecule has 0 amide bonds. The van der Waals surface area contributed by atoms with Crippen LogP contribution in [0.1, 0.15) is 18.2 Å². The minimum absolute atomic E-state index is 0.823. The van der Waals surface area contributed by atoms with Crippen LogP contribution in [-0.4, -0.2) is 9.97 Å². The quantitative estimate of drug-likeness (QED) is 0.859. The van der Waals surface area contributed by atoms with Gasteiger partial charge in [0, 0.05) is 18.3 Å². The van der Waals surface area contributed by atoms with Gasteiger partial charge in [-0.2, -0.15) is 11.3 Å². The number of hydrogen-bond donors (Lipinski definition) is 1. The van der Waals surface area contributed by atoms with Gasteiger partial charge >= 0.3 is 0 Å². The standard InChI is InChI=1S/C11H13N3S/c1-2-10-5-11(14-8-13-10)12-6-9-3-4-15-7-9/h3-5,7-8H,2,6H2,1H3,(H,12,13,14). The van der Waals surface area contributed by atoms with Crippen LogP contribution >= 0.6 is 11.3 Å². The number of aromatic nitrogens is 2. The van der Waals surface area contributed by atoms with Crippen LogP contribution in [0.15, 0.2) is 29.2 Å². The topological polar surface area (TPSA) is 37.8 Å². The van der Waals surface area contributed by atoms with E-state index >= 15 is 0 Å². The Labute approximate surface area is 93.2 Å². The summed E-state index contributed by atoms with van der Waals surface area (Å²) in [6, 6.07) is 4.10. The highest BCUT2D eigenvalue weighted by Gasteiger charge is 1.97. The van der Waals surface area contributed by atoms with Crippen LogP contribution in [0, 0.1) is 0 Å². The van der Waals surface area contributed by atoms with Crippen molar-refractivity contribution in [2.24, 2.45) is 0 Å². The van der Waals surface area contributed by atoms with E-state index in [9.17, 15) is 0 Å². The van der Waals surface area contributed by atoms with Crippen LogP contribution in [0.4, 0.5) is 5.82 Å². The van der Waals surface area contributed by atoms with E-state index < -0.39 is 0 Å². The Balaban J connectivity index is 1.98. The fourth-order valence-electron chi connectivity index (χ4n) is 1.27. The van der Waals surface area contributed by atoms with Gasteiger partial charge in [0.05, 0.1) is 0 Å². The fraction of sp³-hybridized carbons (Fsp3) is 0.273. The molecule has 2 aromatic rings. The number of thiophene rings is 1. The molecule has 0 aliphatic heterocycles. The van der Waals surface area contributed by atoms with Crippen LogP contribution in [0.5, 0.6) is 0 Å². The average molecular weight is 219 g/mol. The van der Waals surface area contributed by atoms with E-state index in [1.807, 2.05) is 6.07 Å². The predicted octanol–water partition coefficient (Wildman–Crippen LogP) is 2.71. The summed E-state index contributed by atoms with van der Waals surface area (Å²) in [7, 11) is 0. The number of aryl methyl sites for hydroxylation is 1. The lowest BCUT2D eigenvalue weighted by atomic mass is 10.3. The van der Waals surface area contributed by atoms with E-state index in [2.05, 4.69) is 39.0 Å². The van der Waals surface area contributed by atoms with Crippen molar-refractivity contribution in [2.75, 3.05) is 5.32 Å². The molecule has 4 heteroatoms. The van der Waals surface area contributed by atoms with Crippen LogP contribution in [0.25, 0.3) is 0 Å². The first-order valence-electron chi connectivity index (χ1n) is 4.94. The van der Waals surface area contributed by atoms with E-state index in [0.29, 0.717) is 0 Å². The maximum absolute atomic E-state index is 4.17. The summed E-state index contributed by atoms with van der Waals surface area (Å²) in [6.45, 7) is 2.91. The first-order valence-corrected chi connectivity index (χ1v) is 5.88. The zero-order valence-corrected chi connectivity index (χ0v) is 9.42. The van der Waals surface area contributed by atoms with Crippen molar-refractivity contribution in [3.8, 4) is 0 Å². The Morgan fingerprint density at radius 1 is 1.40 bits per heavy atom. The molecular weight excluding hydrogens is 206 g/mol. The largest absolute Gasteiger partial charge is 0.366 e. The highest BCUT2D eigenvalue weighted by Crippen LogP contribution is 2.09. The second kappa shape index (κ2) is 4.89. The smallest absolute Gasteiger partial charge is 0.129 e. The molecule has 2 aromatic heterocycles. The van der Waals surface area contributed by atoms with E-state index in [1.54, 1.807) is 17.7 Å². The lowest BCUT2D eigenvalue weighted by Crippen LogP contribution is -2.01. The van der Waals surface area contributed by atoms with Gasteiger partial charge in [-0.1, -0.05) is 6.92 Å². The van der Waals surface area contributed by atoms with Crippen molar-refractivity contribution in [2.45, 2.75) is 19.9 Å². The molecule has 0 bridgehead atoms. The summed E-state index contributed by atoms with van der Waals surface area (Å²) < 4.78 is 0. The molecule has 78 valence electrons. The molecule has 0 unspecified atom stereocenters. The highest BCUT2D eigenvalue weighted by atomic mass is 32.1. The molecule has 1 N–H and O–H groups in total. The van der Waals surface area contributed by atoms with Gasteiger partial charge < -0.3 is 5.32 Å². The van der Waals surface area contributed by atoms with Gasteiger partial charge in [-0.05, 0) is 28.8 Å². The number of nitrogens with one attached hydrogen (secondary N) is 1. The summed E-state index contributed by atoms with van der Waals surface area (Å²) in [5.74, 6) is 0.896. The Hall–Kier alpha value is -1.42. The first-order chi connectivity index (χ1) is 7.38. The molecule has 0 aromatic carbocycles. The molecule has 0 radical (unpaired) electrons. The maximum atomic E-state index is 4.17. The maximum Gasteiger partial charge on any atom is 0.129 e. The Morgan fingerprint density at radius 3 is 3.07 bits per heavy atom. The fourth-order valence-corrected chi connectivity index (χ4v) is 1.94. The highest BCUT2D eigenvalue weighted by molar-refractivity contribution is 7.07. The third-order valence-electron chi connectivity index (χ3n) is 2.14. The van der Waals surface area contributed by atoms with Gasteiger partial charge in [0.15, 0.2) is 0 Å². The van der Waals surface area contributed by atoms with Gasteiger partial charge in [0.1, 0.15) is 12.1 Å². The Kier molecular flexibility index (Phi) is 3.29. The number of rotatable bonds is 4. The molecule has 3 nitrogen and oxygen atoms in total. The molecule has 0 spiro atoms. The van der Waals surface area contributed by atoms with Crippen LogP contribution in [0.2, 0.25) is 0 Å². The second-order valence-corrected chi connectivity index (χ2v) is 4.01. The second-order valence-electron chi connectivity index (χ2n) is 3.23. The Morgan fingerprint density at radius 2 is 2.33 bits per heavy atom. The Bertz CT molecular complexity index is 412. The van der Waals surface area contributed by atoms with Gasteiger partial charge in [0.25, 0.3) is 0 Å². The van der Waals surface area contributed by atoms with Gasteiger partial charge in [-0.15, -0.1) is 0 Å². The van der Waals surface area contributed by atoms with Crippen molar-refractivity contribution in [1.82, 2.24) is 9.97 Å². The van der Waals surface area contributed by atoms with Crippen molar-refractivity contribution in [3.63, 3.8) is 0 Å². The zero-order valence-electron chi connectivity index (χ0n) is 8.60. The molecule has 0 atom stereocenters. The summed E-state index contributed by atoms with van der Waals surface area (Å²) in [5.41, 5.74) is 2.36. The average Bonchev–Trinajstić information content (AvgIpc) is 2.79. The molecule has 0 saturated heterocycles. The SMILES string of the molecule is CCc1cc(NCc2ccsc2)ncn1. The third-order valence-corrected chi connectivity index (χ3v) is 2.87. The molecule has 0 aliphatic rings. The van der Waals surface area contributed by atoms with E-state index in [-0.39, 0.29) is 0 Å². The van der Waals surface area contributed by atoms with E-state index in [0.717, 1.165) is 24.5 Å². The van der Waals surface area contributed by atoms with Crippen LogP contribution in [0.3, 0.4) is 0 Å². The van der Waals surface area contributed by atoms with Crippen molar-refractivity contribution >= 4 is 17.2 Å². The van der Waals surface area contributed by atoms with E-state index in [4.69, 9.17) is 0 Å². The summed E-state index contributed by atoms with van der Waals surface area (Å²) in [6.07, 6.45) is 2.55. The lowest BCUT2D eigenvalue weighted by molar-refractivity contribution is 0.987. The molecule has 0 aliphatic carbocycles. The zero-order chi connectivity index (χ0) is 10.5. The molecule has 0 saturated carbocycles. The molecule has 2 rings (SSSR count). The van der Waals surface area contributed by atoms with Gasteiger partial charge in [-0.25, -0.2) is 9.97 Å². The van der Waals surface area contributed by atoms with E-state index in [1.165, 1.54) is 5.56 Å². The molecule has 15 heavy (non-hydrogen) atoms. The lowest BCUT2D eigenvalue weighted by Gasteiger charge is -2.04. The summed E-state index contributed by atoms with van der Waals surface area (Å²) in [5, 5.41) is 7.49. The summed E-state index contributed by atoms with van der Waals surface area (Å²) in [4.78, 5) is 8.32. The molecular formula is C11H13N3S. The molecule has 0 fully saturated rings. The predicted molar refractivity (Wildman–Crippen MR) is 63.1 cm³/mol.